The highest BCUT2D eigenvalue weighted by Crippen LogP contribution is 2.45. The van der Waals surface area contributed by atoms with Crippen molar-refractivity contribution in [2.75, 3.05) is 68.7 Å². The molecule has 6 aromatic rings. The number of piperidine rings is 3. The van der Waals surface area contributed by atoms with Crippen molar-refractivity contribution < 1.29 is 18.9 Å². The summed E-state index contributed by atoms with van der Waals surface area (Å²) in [5.41, 5.74) is 8.41. The molecule has 0 radical (unpaired) electrons. The molecule has 3 N–H and O–H groups in total. The SMILES string of the molecule is CCc1ccc2c(P(C)(C)=O)c(Nc3nc(Nc4cc(C)c(N5CCC6(CCN(CCCc7cccc8c7n(C)c(=O)n8C7CCC(=O)NC7=O)CC6)CC5)cc4OC)ncc3Br)ccc2n1. The molecule has 0 bridgehead atoms. The number of nitrogens with one attached hydrogen (secondary N) is 3. The van der Waals surface area contributed by atoms with Crippen LogP contribution in [-0.2, 0) is 34.0 Å². The Hall–Kier alpha value is -5.57. The number of hydrogen-bond donors (Lipinski definition) is 3. The van der Waals surface area contributed by atoms with Crippen LogP contribution in [0.2, 0.25) is 0 Å². The molecule has 0 aliphatic carbocycles. The summed E-state index contributed by atoms with van der Waals surface area (Å²) < 4.78 is 23.6. The summed E-state index contributed by atoms with van der Waals surface area (Å²) in [6.45, 7) is 12.9. The van der Waals surface area contributed by atoms with Crippen LogP contribution in [-0.4, -0.2) is 94.0 Å². The van der Waals surface area contributed by atoms with E-state index >= 15 is 0 Å². The van der Waals surface area contributed by atoms with Crippen LogP contribution >= 0.6 is 23.1 Å². The molecule has 352 valence electrons. The van der Waals surface area contributed by atoms with Gasteiger partial charge in [-0.15, -0.1) is 0 Å². The second-order valence-electron chi connectivity index (χ2n) is 18.9. The van der Waals surface area contributed by atoms with Crippen LogP contribution in [0.4, 0.5) is 28.8 Å². The third-order valence-electron chi connectivity index (χ3n) is 14.3. The third kappa shape index (κ3) is 9.36. The number of para-hydroxylation sites is 1. The molecule has 1 atom stereocenters. The highest BCUT2D eigenvalue weighted by Gasteiger charge is 2.38. The van der Waals surface area contributed by atoms with Gasteiger partial charge in [-0.05, 0) is 154 Å². The molecule has 3 fully saturated rings. The minimum absolute atomic E-state index is 0.223. The number of carbonyl (C=O) groups excluding carboxylic acids is 2. The third-order valence-corrected chi connectivity index (χ3v) is 16.4. The zero-order chi connectivity index (χ0) is 47.2. The van der Waals surface area contributed by atoms with Gasteiger partial charge in [0, 0.05) is 60.9 Å². The van der Waals surface area contributed by atoms with Gasteiger partial charge in [0.15, 0.2) is 0 Å². The summed E-state index contributed by atoms with van der Waals surface area (Å²) in [6.07, 6.45) is 9.54. The average molecular weight is 992 g/mol. The molecule has 3 aliphatic rings. The summed E-state index contributed by atoms with van der Waals surface area (Å²) in [7, 11) is 0.721. The topological polar surface area (TPSA) is 169 Å². The van der Waals surface area contributed by atoms with Gasteiger partial charge >= 0.3 is 5.69 Å². The summed E-state index contributed by atoms with van der Waals surface area (Å²) in [6, 6.07) is 17.4. The number of ether oxygens (including phenoxy) is 1. The number of amides is 2. The lowest BCUT2D eigenvalue weighted by molar-refractivity contribution is -0.135. The van der Waals surface area contributed by atoms with Crippen LogP contribution in [0.15, 0.2) is 70.1 Å². The Morgan fingerprint density at radius 1 is 0.955 bits per heavy atom. The molecule has 3 aromatic carbocycles. The number of fused-ring (bicyclic) bond motifs is 2. The van der Waals surface area contributed by atoms with Crippen LogP contribution in [0.25, 0.3) is 21.9 Å². The molecule has 2 amide bonds. The van der Waals surface area contributed by atoms with Crippen molar-refractivity contribution in [2.24, 2.45) is 12.5 Å². The number of benzene rings is 3. The second kappa shape index (κ2) is 18.8. The molecule has 1 unspecified atom stereocenters. The maximum atomic E-state index is 13.7. The van der Waals surface area contributed by atoms with Gasteiger partial charge in [-0.1, -0.05) is 25.1 Å². The lowest BCUT2D eigenvalue weighted by Crippen LogP contribution is -2.47. The fourth-order valence-electron chi connectivity index (χ4n) is 10.6. The number of likely N-dealkylation sites (tertiary alicyclic amines) is 1. The predicted molar refractivity (Wildman–Crippen MR) is 271 cm³/mol. The van der Waals surface area contributed by atoms with Gasteiger partial charge in [-0.3, -0.25) is 29.0 Å². The Labute approximate surface area is 399 Å². The Balaban J connectivity index is 0.811. The summed E-state index contributed by atoms with van der Waals surface area (Å²) in [4.78, 5) is 57.2. The molecular formula is C50H60BrN10O5P. The molecule has 67 heavy (non-hydrogen) atoms. The van der Waals surface area contributed by atoms with E-state index in [1.165, 1.54) is 18.5 Å². The maximum absolute atomic E-state index is 13.7. The molecule has 3 aliphatic heterocycles. The number of rotatable bonds is 13. The number of imidazole rings is 1. The first-order valence-electron chi connectivity index (χ1n) is 23.4. The summed E-state index contributed by atoms with van der Waals surface area (Å²) >= 11 is 3.63. The van der Waals surface area contributed by atoms with Gasteiger partial charge in [0.2, 0.25) is 17.8 Å². The fourth-order valence-corrected chi connectivity index (χ4v) is 12.3. The lowest BCUT2D eigenvalue weighted by Gasteiger charge is -2.47. The number of hydrogen-bond acceptors (Lipinski definition) is 12. The molecule has 0 saturated carbocycles. The quantitative estimate of drug-likeness (QED) is 0.0749. The number of nitrogens with zero attached hydrogens (tertiary/aromatic N) is 7. The minimum Gasteiger partial charge on any atom is -0.494 e. The molecular weight excluding hydrogens is 931 g/mol. The molecule has 17 heteroatoms. The zero-order valence-electron chi connectivity index (χ0n) is 39.2. The Bertz CT molecular complexity index is 3000. The number of methoxy groups -OCH3 is 1. The van der Waals surface area contributed by atoms with Crippen LogP contribution in [0.3, 0.4) is 0 Å². The highest BCUT2D eigenvalue weighted by molar-refractivity contribution is 9.10. The van der Waals surface area contributed by atoms with Crippen molar-refractivity contribution in [3.05, 3.63) is 92.6 Å². The first-order valence-corrected chi connectivity index (χ1v) is 26.8. The monoisotopic (exact) mass is 990 g/mol. The van der Waals surface area contributed by atoms with Crippen LogP contribution in [0, 0.1) is 12.3 Å². The predicted octanol–water partition coefficient (Wildman–Crippen LogP) is 8.35. The van der Waals surface area contributed by atoms with Gasteiger partial charge in [0.25, 0.3) is 0 Å². The largest absolute Gasteiger partial charge is 0.494 e. The highest BCUT2D eigenvalue weighted by atomic mass is 79.9. The number of aromatic nitrogens is 5. The van der Waals surface area contributed by atoms with Gasteiger partial charge < -0.3 is 29.7 Å². The first kappa shape index (κ1) is 46.5. The molecule has 9 rings (SSSR count). The zero-order valence-corrected chi connectivity index (χ0v) is 41.7. The normalized spacial score (nSPS) is 17.9. The molecule has 1 spiro atoms. The smallest absolute Gasteiger partial charge is 0.329 e. The van der Waals surface area contributed by atoms with Crippen molar-refractivity contribution in [1.29, 1.82) is 0 Å². The van der Waals surface area contributed by atoms with Crippen LogP contribution in [0.1, 0.15) is 74.7 Å². The van der Waals surface area contributed by atoms with Crippen molar-refractivity contribution >= 4 is 91.0 Å². The van der Waals surface area contributed by atoms with Crippen LogP contribution < -0.4 is 36.6 Å². The van der Waals surface area contributed by atoms with Crippen molar-refractivity contribution in [3.8, 4) is 5.75 Å². The number of carbonyl (C=O) groups is 2. The maximum Gasteiger partial charge on any atom is 0.329 e. The average Bonchev–Trinajstić information content (AvgIpc) is 3.56. The van der Waals surface area contributed by atoms with Crippen molar-refractivity contribution in [1.82, 2.24) is 34.3 Å². The second-order valence-corrected chi connectivity index (χ2v) is 22.9. The van der Waals surface area contributed by atoms with Gasteiger partial charge in [-0.2, -0.15) is 4.98 Å². The number of pyridine rings is 1. The molecule has 3 aromatic heterocycles. The molecule has 3 saturated heterocycles. The number of aryl methyl sites for hydroxylation is 4. The standard InChI is InChI=1S/C50H60BrN10O5P/c1-7-33-13-14-34-36(53-33)15-16-37(45(34)67(5,6)65)54-46-35(51)30-52-48(57-46)55-38-28-31(2)41(29-42(38)66-4)60-26-21-50(22-27-60)19-24-59(25-20-50)23-9-11-32-10-8-12-39-44(32)58(3)49(64)61(39)40-17-18-43(62)56-47(40)63/h8,10,12-16,28-30,40H,7,9,11,17-27H2,1-6H3,(H,56,62,63)(H2,52,54,55,57). The molecule has 15 nitrogen and oxygen atoms in total. The van der Waals surface area contributed by atoms with E-state index in [1.807, 2.05) is 36.4 Å². The van der Waals surface area contributed by atoms with E-state index in [9.17, 15) is 18.9 Å². The van der Waals surface area contributed by atoms with Gasteiger partial charge in [0.1, 0.15) is 24.8 Å². The van der Waals surface area contributed by atoms with E-state index in [0.717, 1.165) is 115 Å². The van der Waals surface area contributed by atoms with Gasteiger partial charge in [-0.25, -0.2) is 9.78 Å². The lowest BCUT2D eigenvalue weighted by atomic mass is 9.71. The van der Waals surface area contributed by atoms with Crippen molar-refractivity contribution in [2.45, 2.75) is 77.7 Å². The number of imide groups is 1. The Kier molecular flexibility index (Phi) is 13.1. The van der Waals surface area contributed by atoms with E-state index in [0.29, 0.717) is 39.5 Å². The van der Waals surface area contributed by atoms with Gasteiger partial charge in [0.05, 0.1) is 39.5 Å². The fraction of sp³-hybridized carbons (Fsp3) is 0.440. The summed E-state index contributed by atoms with van der Waals surface area (Å²) in [5.74, 6) is 0.925. The van der Waals surface area contributed by atoms with E-state index in [1.54, 1.807) is 42.8 Å². The van der Waals surface area contributed by atoms with E-state index in [2.05, 4.69) is 78.7 Å². The number of anilines is 5. The minimum atomic E-state index is -2.74. The summed E-state index contributed by atoms with van der Waals surface area (Å²) in [5, 5.41) is 10.8. The number of halogens is 1. The van der Waals surface area contributed by atoms with Crippen molar-refractivity contribution in [3.63, 3.8) is 0 Å². The Morgan fingerprint density at radius 2 is 1.72 bits per heavy atom. The Morgan fingerprint density at radius 3 is 2.43 bits per heavy atom. The van der Waals surface area contributed by atoms with E-state index < -0.39 is 19.1 Å². The molecule has 6 heterocycles. The van der Waals surface area contributed by atoms with Crippen LogP contribution in [0.5, 0.6) is 5.75 Å². The first-order chi connectivity index (χ1) is 32.1. The van der Waals surface area contributed by atoms with E-state index in [-0.39, 0.29) is 18.0 Å². The van der Waals surface area contributed by atoms with E-state index in [4.69, 9.17) is 14.7 Å².